The van der Waals surface area contributed by atoms with Crippen LogP contribution in [0.25, 0.3) is 10.9 Å². The van der Waals surface area contributed by atoms with Gasteiger partial charge in [-0.3, -0.25) is 9.78 Å². The van der Waals surface area contributed by atoms with E-state index in [2.05, 4.69) is 29.4 Å². The number of benzene rings is 2. The summed E-state index contributed by atoms with van der Waals surface area (Å²) in [5, 5.41) is 4.01. The van der Waals surface area contributed by atoms with Crippen LogP contribution in [0.2, 0.25) is 0 Å². The standard InChI is InChI=1S/C19H18N2O/c1-14(15-7-3-2-4-8-15)13-18(22)21-17-11-5-9-16-10-6-12-20-19(16)17/h2-12,14H,13H2,1H3,(H,21,22). The number of fused-ring (bicyclic) bond motifs is 1. The van der Waals surface area contributed by atoms with E-state index in [1.54, 1.807) is 6.20 Å². The molecule has 1 amide bonds. The fourth-order valence-electron chi connectivity index (χ4n) is 2.58. The largest absolute Gasteiger partial charge is 0.324 e. The van der Waals surface area contributed by atoms with Crippen molar-refractivity contribution in [2.24, 2.45) is 0 Å². The van der Waals surface area contributed by atoms with Gasteiger partial charge >= 0.3 is 0 Å². The first-order valence-electron chi connectivity index (χ1n) is 7.42. The highest BCUT2D eigenvalue weighted by atomic mass is 16.1. The van der Waals surface area contributed by atoms with Crippen LogP contribution < -0.4 is 5.32 Å². The van der Waals surface area contributed by atoms with Crippen LogP contribution in [0.1, 0.15) is 24.8 Å². The lowest BCUT2D eigenvalue weighted by molar-refractivity contribution is -0.116. The van der Waals surface area contributed by atoms with Crippen LogP contribution in [0, 0.1) is 0 Å². The van der Waals surface area contributed by atoms with E-state index in [-0.39, 0.29) is 11.8 Å². The first-order chi connectivity index (χ1) is 10.7. The zero-order valence-corrected chi connectivity index (χ0v) is 12.5. The first-order valence-corrected chi connectivity index (χ1v) is 7.42. The van der Waals surface area contributed by atoms with Crippen molar-refractivity contribution < 1.29 is 4.79 Å². The normalized spacial score (nSPS) is 12.0. The molecule has 0 fully saturated rings. The van der Waals surface area contributed by atoms with Crippen LogP contribution in [0.5, 0.6) is 0 Å². The maximum absolute atomic E-state index is 12.3. The van der Waals surface area contributed by atoms with Gasteiger partial charge in [-0.1, -0.05) is 55.5 Å². The summed E-state index contributed by atoms with van der Waals surface area (Å²) in [7, 11) is 0. The van der Waals surface area contributed by atoms with E-state index in [0.29, 0.717) is 6.42 Å². The van der Waals surface area contributed by atoms with E-state index in [9.17, 15) is 4.79 Å². The second-order valence-electron chi connectivity index (χ2n) is 5.44. The van der Waals surface area contributed by atoms with Gasteiger partial charge in [-0.2, -0.15) is 0 Å². The lowest BCUT2D eigenvalue weighted by Gasteiger charge is -2.13. The van der Waals surface area contributed by atoms with Crippen molar-refractivity contribution in [2.75, 3.05) is 5.32 Å². The van der Waals surface area contributed by atoms with Gasteiger partial charge in [0.15, 0.2) is 0 Å². The Morgan fingerprint density at radius 3 is 2.64 bits per heavy atom. The molecule has 1 atom stereocenters. The number of nitrogens with zero attached hydrogens (tertiary/aromatic N) is 1. The van der Waals surface area contributed by atoms with Gasteiger partial charge < -0.3 is 5.32 Å². The molecule has 1 N–H and O–H groups in total. The van der Waals surface area contributed by atoms with Crippen molar-refractivity contribution in [1.29, 1.82) is 0 Å². The minimum absolute atomic E-state index is 0.00880. The van der Waals surface area contributed by atoms with E-state index in [1.165, 1.54) is 5.56 Å². The molecule has 0 aliphatic heterocycles. The van der Waals surface area contributed by atoms with Crippen molar-refractivity contribution >= 4 is 22.5 Å². The average Bonchev–Trinajstić information content (AvgIpc) is 2.56. The van der Waals surface area contributed by atoms with Crippen LogP contribution >= 0.6 is 0 Å². The summed E-state index contributed by atoms with van der Waals surface area (Å²) in [5.41, 5.74) is 2.77. The Balaban J connectivity index is 1.74. The molecule has 3 rings (SSSR count). The highest BCUT2D eigenvalue weighted by Crippen LogP contribution is 2.23. The Labute approximate surface area is 130 Å². The van der Waals surface area contributed by atoms with Gasteiger partial charge in [-0.15, -0.1) is 0 Å². The number of hydrogen-bond acceptors (Lipinski definition) is 2. The Morgan fingerprint density at radius 1 is 1.05 bits per heavy atom. The van der Waals surface area contributed by atoms with Crippen molar-refractivity contribution in [2.45, 2.75) is 19.3 Å². The second kappa shape index (κ2) is 6.39. The number of anilines is 1. The molecule has 0 aliphatic carbocycles. The molecule has 0 saturated heterocycles. The summed E-state index contributed by atoms with van der Waals surface area (Å²) in [6.07, 6.45) is 2.19. The van der Waals surface area contributed by atoms with E-state index < -0.39 is 0 Å². The molecule has 0 aliphatic rings. The number of amides is 1. The summed E-state index contributed by atoms with van der Waals surface area (Å²) in [5.74, 6) is 0.193. The smallest absolute Gasteiger partial charge is 0.225 e. The Morgan fingerprint density at radius 2 is 1.82 bits per heavy atom. The van der Waals surface area contributed by atoms with Gasteiger partial charge in [-0.05, 0) is 23.6 Å². The molecule has 0 saturated carbocycles. The molecule has 3 heteroatoms. The molecule has 0 radical (unpaired) electrons. The van der Waals surface area contributed by atoms with E-state index >= 15 is 0 Å². The summed E-state index contributed by atoms with van der Waals surface area (Å²) in [4.78, 5) is 16.7. The molecule has 1 unspecified atom stereocenters. The molecule has 1 aromatic heterocycles. The summed E-state index contributed by atoms with van der Waals surface area (Å²) in [6.45, 7) is 2.07. The van der Waals surface area contributed by atoms with Gasteiger partial charge in [0, 0.05) is 18.0 Å². The fraction of sp³-hybridized carbons (Fsp3) is 0.158. The molecule has 110 valence electrons. The van der Waals surface area contributed by atoms with E-state index in [0.717, 1.165) is 16.6 Å². The zero-order valence-electron chi connectivity index (χ0n) is 12.5. The van der Waals surface area contributed by atoms with Gasteiger partial charge in [-0.25, -0.2) is 0 Å². The monoisotopic (exact) mass is 290 g/mol. The summed E-state index contributed by atoms with van der Waals surface area (Å²) < 4.78 is 0. The van der Waals surface area contributed by atoms with Gasteiger partial charge in [0.05, 0.1) is 11.2 Å². The number of carbonyl (C=O) groups is 1. The SMILES string of the molecule is CC(CC(=O)Nc1cccc2cccnc12)c1ccccc1. The number of rotatable bonds is 4. The number of pyridine rings is 1. The highest BCUT2D eigenvalue weighted by molar-refractivity contribution is 6.00. The molecule has 22 heavy (non-hydrogen) atoms. The number of aromatic nitrogens is 1. The molecule has 2 aromatic carbocycles. The third-order valence-electron chi connectivity index (χ3n) is 3.77. The van der Waals surface area contributed by atoms with Crippen LogP contribution in [-0.2, 0) is 4.79 Å². The van der Waals surface area contributed by atoms with Crippen molar-refractivity contribution in [3.63, 3.8) is 0 Å². The number of hydrogen-bond donors (Lipinski definition) is 1. The number of nitrogens with one attached hydrogen (secondary N) is 1. The zero-order chi connectivity index (χ0) is 15.4. The maximum atomic E-state index is 12.3. The summed E-state index contributed by atoms with van der Waals surface area (Å²) in [6, 6.07) is 19.8. The van der Waals surface area contributed by atoms with E-state index in [4.69, 9.17) is 0 Å². The number of carbonyl (C=O) groups excluding carboxylic acids is 1. The summed E-state index contributed by atoms with van der Waals surface area (Å²) >= 11 is 0. The van der Waals surface area contributed by atoms with Gasteiger partial charge in [0.25, 0.3) is 0 Å². The molecule has 3 nitrogen and oxygen atoms in total. The van der Waals surface area contributed by atoms with E-state index in [1.807, 2.05) is 48.5 Å². The third-order valence-corrected chi connectivity index (χ3v) is 3.77. The van der Waals surface area contributed by atoms with Crippen LogP contribution in [0.15, 0.2) is 66.9 Å². The van der Waals surface area contributed by atoms with Crippen molar-refractivity contribution in [1.82, 2.24) is 4.98 Å². The average molecular weight is 290 g/mol. The van der Waals surface area contributed by atoms with Crippen molar-refractivity contribution in [3.8, 4) is 0 Å². The molecule has 0 bridgehead atoms. The maximum Gasteiger partial charge on any atom is 0.225 e. The second-order valence-corrected chi connectivity index (χ2v) is 5.44. The highest BCUT2D eigenvalue weighted by Gasteiger charge is 2.12. The van der Waals surface area contributed by atoms with Crippen molar-refractivity contribution in [3.05, 3.63) is 72.4 Å². The quantitative estimate of drug-likeness (QED) is 0.775. The van der Waals surface area contributed by atoms with Crippen LogP contribution in [0.4, 0.5) is 5.69 Å². The lowest BCUT2D eigenvalue weighted by atomic mass is 9.97. The Kier molecular flexibility index (Phi) is 4.15. The third kappa shape index (κ3) is 3.14. The molecular formula is C19H18N2O. The first kappa shape index (κ1) is 14.3. The minimum Gasteiger partial charge on any atom is -0.324 e. The lowest BCUT2D eigenvalue weighted by Crippen LogP contribution is -2.14. The molecule has 1 heterocycles. The number of para-hydroxylation sites is 1. The van der Waals surface area contributed by atoms with Gasteiger partial charge in [0.1, 0.15) is 0 Å². The predicted octanol–water partition coefficient (Wildman–Crippen LogP) is 4.37. The molecular weight excluding hydrogens is 272 g/mol. The fourth-order valence-corrected chi connectivity index (χ4v) is 2.58. The van der Waals surface area contributed by atoms with Crippen LogP contribution in [-0.4, -0.2) is 10.9 Å². The Bertz CT molecular complexity index is 778. The topological polar surface area (TPSA) is 42.0 Å². The van der Waals surface area contributed by atoms with Gasteiger partial charge in [0.2, 0.25) is 5.91 Å². The van der Waals surface area contributed by atoms with Crippen LogP contribution in [0.3, 0.4) is 0 Å². The Hall–Kier alpha value is -2.68. The minimum atomic E-state index is 0.00880. The molecule has 0 spiro atoms. The predicted molar refractivity (Wildman–Crippen MR) is 89.8 cm³/mol. The molecule has 3 aromatic rings.